The number of imide groups is 1. The summed E-state index contributed by atoms with van der Waals surface area (Å²) >= 11 is 0. The van der Waals surface area contributed by atoms with Gasteiger partial charge in [-0.2, -0.15) is 0 Å². The first-order valence-corrected chi connectivity index (χ1v) is 8.65. The molecule has 0 fully saturated rings. The molecule has 0 aliphatic carbocycles. The molecular weight excluding hydrogens is 344 g/mol. The molecule has 2 aromatic rings. The third-order valence-electron chi connectivity index (χ3n) is 4.31. The van der Waals surface area contributed by atoms with Crippen molar-refractivity contribution in [3.63, 3.8) is 0 Å². The van der Waals surface area contributed by atoms with Crippen LogP contribution in [0, 0.1) is 0 Å². The van der Waals surface area contributed by atoms with Gasteiger partial charge in [-0.15, -0.1) is 0 Å². The smallest absolute Gasteiger partial charge is 0.323 e. The van der Waals surface area contributed by atoms with Gasteiger partial charge in [0.25, 0.3) is 11.8 Å². The second-order valence-corrected chi connectivity index (χ2v) is 6.86. The van der Waals surface area contributed by atoms with Gasteiger partial charge in [-0.25, -0.2) is 4.79 Å². The van der Waals surface area contributed by atoms with Crippen molar-refractivity contribution in [2.24, 2.45) is 0 Å². The highest BCUT2D eigenvalue weighted by molar-refractivity contribution is 6.22. The van der Waals surface area contributed by atoms with Crippen molar-refractivity contribution < 1.29 is 14.4 Å². The molecule has 1 heterocycles. The van der Waals surface area contributed by atoms with Crippen molar-refractivity contribution in [3.05, 3.63) is 53.6 Å². The van der Waals surface area contributed by atoms with Crippen LogP contribution in [0.25, 0.3) is 0 Å². The van der Waals surface area contributed by atoms with E-state index in [0.29, 0.717) is 22.5 Å². The highest BCUT2D eigenvalue weighted by atomic mass is 16.2. The lowest BCUT2D eigenvalue weighted by Gasteiger charge is -2.17. The number of hydrogen-bond donors (Lipinski definition) is 2. The van der Waals surface area contributed by atoms with Crippen LogP contribution in [0.4, 0.5) is 21.9 Å². The Hall–Kier alpha value is -3.35. The number of hydrogen-bond acceptors (Lipinski definition) is 4. The third kappa shape index (κ3) is 3.62. The number of fused-ring (bicyclic) bond motifs is 1. The molecule has 0 saturated heterocycles. The van der Waals surface area contributed by atoms with Gasteiger partial charge in [0.05, 0.1) is 11.1 Å². The molecule has 1 aliphatic heterocycles. The summed E-state index contributed by atoms with van der Waals surface area (Å²) in [6, 6.07) is 11.5. The molecule has 0 saturated carbocycles. The Balaban J connectivity index is 1.74. The van der Waals surface area contributed by atoms with Crippen molar-refractivity contribution >= 4 is 34.9 Å². The monoisotopic (exact) mass is 366 g/mol. The predicted molar refractivity (Wildman–Crippen MR) is 105 cm³/mol. The molecular formula is C20H22N4O3. The molecule has 0 spiro atoms. The fraction of sp³-hybridized carbons (Fsp3) is 0.250. The van der Waals surface area contributed by atoms with Crippen molar-refractivity contribution in [1.82, 2.24) is 4.90 Å². The quantitative estimate of drug-likeness (QED) is 0.813. The second kappa shape index (κ2) is 7.11. The van der Waals surface area contributed by atoms with E-state index in [-0.39, 0.29) is 17.9 Å². The lowest BCUT2D eigenvalue weighted by atomic mass is 10.1. The number of carbonyl (C=O) groups is 3. The van der Waals surface area contributed by atoms with Crippen LogP contribution in [0.15, 0.2) is 42.5 Å². The fourth-order valence-electron chi connectivity index (χ4n) is 2.96. The Bertz CT molecular complexity index is 921. The Labute approximate surface area is 158 Å². The van der Waals surface area contributed by atoms with E-state index in [1.54, 1.807) is 32.0 Å². The van der Waals surface area contributed by atoms with Crippen LogP contribution in [0.2, 0.25) is 0 Å². The van der Waals surface area contributed by atoms with Gasteiger partial charge in [0.15, 0.2) is 0 Å². The standard InChI is InChI=1S/C20H22N4O3/c1-12(2)24-18(25)16-9-8-14(11-17(16)19(24)26)22-20(27)21-13-6-5-7-15(10-13)23(3)4/h5-12H,1-4H3,(H2,21,22,27). The molecule has 7 heteroatoms. The van der Waals surface area contributed by atoms with Crippen molar-refractivity contribution in [1.29, 1.82) is 0 Å². The van der Waals surface area contributed by atoms with E-state index in [1.807, 2.05) is 37.2 Å². The molecule has 7 nitrogen and oxygen atoms in total. The number of rotatable bonds is 4. The van der Waals surface area contributed by atoms with Crippen LogP contribution in [0.1, 0.15) is 34.6 Å². The van der Waals surface area contributed by atoms with E-state index in [0.717, 1.165) is 5.69 Å². The van der Waals surface area contributed by atoms with E-state index >= 15 is 0 Å². The van der Waals surface area contributed by atoms with Gasteiger partial charge in [-0.05, 0) is 50.2 Å². The molecule has 4 amide bonds. The van der Waals surface area contributed by atoms with Crippen LogP contribution >= 0.6 is 0 Å². The maximum atomic E-state index is 12.5. The molecule has 2 aromatic carbocycles. The first kappa shape index (κ1) is 18.4. The molecule has 0 bridgehead atoms. The van der Waals surface area contributed by atoms with E-state index in [1.165, 1.54) is 11.0 Å². The van der Waals surface area contributed by atoms with Crippen molar-refractivity contribution in [3.8, 4) is 0 Å². The zero-order valence-electron chi connectivity index (χ0n) is 15.7. The van der Waals surface area contributed by atoms with Crippen LogP contribution < -0.4 is 15.5 Å². The summed E-state index contributed by atoms with van der Waals surface area (Å²) in [7, 11) is 3.84. The minimum atomic E-state index is -0.427. The predicted octanol–water partition coefficient (Wildman–Crippen LogP) is 3.40. The van der Waals surface area contributed by atoms with Gasteiger partial charge in [-0.3, -0.25) is 14.5 Å². The lowest BCUT2D eigenvalue weighted by molar-refractivity contribution is 0.0609. The zero-order chi connectivity index (χ0) is 19.7. The lowest BCUT2D eigenvalue weighted by Crippen LogP contribution is -2.35. The van der Waals surface area contributed by atoms with Gasteiger partial charge < -0.3 is 15.5 Å². The summed E-state index contributed by atoms with van der Waals surface area (Å²) in [6.07, 6.45) is 0. The van der Waals surface area contributed by atoms with E-state index in [9.17, 15) is 14.4 Å². The minimum absolute atomic E-state index is 0.221. The van der Waals surface area contributed by atoms with Gasteiger partial charge in [0.2, 0.25) is 0 Å². The number of carbonyl (C=O) groups excluding carboxylic acids is 3. The summed E-state index contributed by atoms with van der Waals surface area (Å²) in [5.41, 5.74) is 2.72. The van der Waals surface area contributed by atoms with Crippen molar-refractivity contribution in [2.75, 3.05) is 29.6 Å². The maximum absolute atomic E-state index is 12.5. The van der Waals surface area contributed by atoms with Gasteiger partial charge >= 0.3 is 6.03 Å². The third-order valence-corrected chi connectivity index (χ3v) is 4.31. The zero-order valence-corrected chi connectivity index (χ0v) is 15.7. The first-order valence-electron chi connectivity index (χ1n) is 8.65. The minimum Gasteiger partial charge on any atom is -0.378 e. The highest BCUT2D eigenvalue weighted by Crippen LogP contribution is 2.27. The molecule has 0 aromatic heterocycles. The molecule has 140 valence electrons. The summed E-state index contributed by atoms with van der Waals surface area (Å²) in [5, 5.41) is 5.46. The van der Waals surface area contributed by atoms with Crippen LogP contribution in [0.5, 0.6) is 0 Å². The van der Waals surface area contributed by atoms with Crippen LogP contribution in [-0.4, -0.2) is 42.9 Å². The summed E-state index contributed by atoms with van der Waals surface area (Å²) in [5.74, 6) is -0.644. The van der Waals surface area contributed by atoms with Crippen molar-refractivity contribution in [2.45, 2.75) is 19.9 Å². The molecule has 0 radical (unpaired) electrons. The number of nitrogens with zero attached hydrogens (tertiary/aromatic N) is 2. The van der Waals surface area contributed by atoms with Gasteiger partial charge in [-0.1, -0.05) is 6.07 Å². The fourth-order valence-corrected chi connectivity index (χ4v) is 2.96. The molecule has 0 unspecified atom stereocenters. The van der Waals surface area contributed by atoms with Crippen LogP contribution in [0.3, 0.4) is 0 Å². The Morgan fingerprint density at radius 2 is 1.56 bits per heavy atom. The normalized spacial score (nSPS) is 13.0. The average molecular weight is 366 g/mol. The molecule has 0 atom stereocenters. The average Bonchev–Trinajstić information content (AvgIpc) is 2.85. The maximum Gasteiger partial charge on any atom is 0.323 e. The topological polar surface area (TPSA) is 81.8 Å². The number of amides is 4. The van der Waals surface area contributed by atoms with Gasteiger partial charge in [0.1, 0.15) is 0 Å². The Kier molecular flexibility index (Phi) is 4.85. The Morgan fingerprint density at radius 3 is 2.19 bits per heavy atom. The molecule has 27 heavy (non-hydrogen) atoms. The number of urea groups is 1. The Morgan fingerprint density at radius 1 is 0.926 bits per heavy atom. The van der Waals surface area contributed by atoms with E-state index in [4.69, 9.17) is 0 Å². The summed E-state index contributed by atoms with van der Waals surface area (Å²) in [4.78, 5) is 40.2. The van der Waals surface area contributed by atoms with Gasteiger partial charge in [0, 0.05) is 37.2 Å². The number of anilines is 3. The first-order chi connectivity index (χ1) is 12.8. The summed E-state index contributed by atoms with van der Waals surface area (Å²) < 4.78 is 0. The number of nitrogens with one attached hydrogen (secondary N) is 2. The van der Waals surface area contributed by atoms with E-state index < -0.39 is 6.03 Å². The number of benzene rings is 2. The SMILES string of the molecule is CC(C)N1C(=O)c2ccc(NC(=O)Nc3cccc(N(C)C)c3)cc2C1=O. The molecule has 2 N–H and O–H groups in total. The largest absolute Gasteiger partial charge is 0.378 e. The van der Waals surface area contributed by atoms with E-state index in [2.05, 4.69) is 10.6 Å². The summed E-state index contributed by atoms with van der Waals surface area (Å²) in [6.45, 7) is 3.58. The molecule has 3 rings (SSSR count). The highest BCUT2D eigenvalue weighted by Gasteiger charge is 2.37. The molecule has 1 aliphatic rings. The second-order valence-electron chi connectivity index (χ2n) is 6.86. The van der Waals surface area contributed by atoms with Crippen LogP contribution in [-0.2, 0) is 0 Å².